The van der Waals surface area contributed by atoms with Gasteiger partial charge < -0.3 is 15.0 Å². The number of likely N-dealkylation sites (tertiary alicyclic amines) is 1. The molecule has 7 nitrogen and oxygen atoms in total. The van der Waals surface area contributed by atoms with Crippen LogP contribution < -0.4 is 14.8 Å². The van der Waals surface area contributed by atoms with Crippen LogP contribution in [-0.2, 0) is 10.0 Å². The van der Waals surface area contributed by atoms with Crippen LogP contribution in [0.25, 0.3) is 0 Å². The van der Waals surface area contributed by atoms with Gasteiger partial charge >= 0.3 is 0 Å². The predicted molar refractivity (Wildman–Crippen MR) is 125 cm³/mol. The average Bonchev–Trinajstić information content (AvgIpc) is 3.17. The first kappa shape index (κ1) is 25.0. The van der Waals surface area contributed by atoms with Crippen molar-refractivity contribution in [2.75, 3.05) is 45.6 Å². The van der Waals surface area contributed by atoms with Gasteiger partial charge in [-0.15, -0.1) is 24.0 Å². The van der Waals surface area contributed by atoms with Crippen molar-refractivity contribution in [3.05, 3.63) is 29.8 Å². The second kappa shape index (κ2) is 12.5. The quantitative estimate of drug-likeness (QED) is 0.225. The Morgan fingerprint density at radius 3 is 2.61 bits per heavy atom. The number of nitrogens with zero attached hydrogens (tertiary/aromatic N) is 2. The Kier molecular flexibility index (Phi) is 11.1. The monoisotopic (exact) mass is 524 g/mol. The van der Waals surface area contributed by atoms with Crippen molar-refractivity contribution in [1.29, 1.82) is 0 Å². The van der Waals surface area contributed by atoms with Gasteiger partial charge in [0, 0.05) is 38.6 Å². The number of halogens is 1. The first-order valence-electron chi connectivity index (χ1n) is 9.63. The number of nitrogens with one attached hydrogen (secondary N) is 2. The summed E-state index contributed by atoms with van der Waals surface area (Å²) in [4.78, 5) is 6.96. The summed E-state index contributed by atoms with van der Waals surface area (Å²) in [7, 11) is -1.44. The fraction of sp³-hybridized carbons (Fsp3) is 0.632. The normalized spacial score (nSPS) is 17.3. The minimum atomic E-state index is -3.12. The Morgan fingerprint density at radius 2 is 2.00 bits per heavy atom. The van der Waals surface area contributed by atoms with Crippen molar-refractivity contribution in [1.82, 2.24) is 14.9 Å². The van der Waals surface area contributed by atoms with Crippen LogP contribution in [0, 0.1) is 0 Å². The van der Waals surface area contributed by atoms with Crippen molar-refractivity contribution in [3.63, 3.8) is 0 Å². The molecule has 28 heavy (non-hydrogen) atoms. The van der Waals surface area contributed by atoms with Gasteiger partial charge in [-0.05, 0) is 44.4 Å². The number of guanidine groups is 1. The van der Waals surface area contributed by atoms with E-state index in [0.717, 1.165) is 37.8 Å². The number of sulfonamides is 1. The molecule has 1 saturated heterocycles. The van der Waals surface area contributed by atoms with E-state index in [1.807, 2.05) is 12.1 Å². The summed E-state index contributed by atoms with van der Waals surface area (Å²) in [5.41, 5.74) is 1.32. The third-order valence-electron chi connectivity index (χ3n) is 4.71. The number of methoxy groups -OCH3 is 1. The van der Waals surface area contributed by atoms with Gasteiger partial charge in [0.1, 0.15) is 5.75 Å². The molecule has 0 radical (unpaired) electrons. The molecule has 0 saturated carbocycles. The highest BCUT2D eigenvalue weighted by atomic mass is 127. The Bertz CT molecular complexity index is 710. The summed E-state index contributed by atoms with van der Waals surface area (Å²) in [6, 6.07) is 8.29. The van der Waals surface area contributed by atoms with Gasteiger partial charge in [0.15, 0.2) is 5.96 Å². The van der Waals surface area contributed by atoms with Crippen molar-refractivity contribution >= 4 is 40.0 Å². The van der Waals surface area contributed by atoms with E-state index in [9.17, 15) is 8.42 Å². The first-order valence-corrected chi connectivity index (χ1v) is 11.3. The topological polar surface area (TPSA) is 83.0 Å². The molecule has 1 heterocycles. The molecule has 160 valence electrons. The lowest BCUT2D eigenvalue weighted by molar-refractivity contribution is 0.414. The van der Waals surface area contributed by atoms with Crippen LogP contribution >= 0.6 is 24.0 Å². The van der Waals surface area contributed by atoms with E-state index in [1.165, 1.54) is 5.56 Å². The molecule has 9 heteroatoms. The minimum Gasteiger partial charge on any atom is -0.497 e. The first-order chi connectivity index (χ1) is 13.0. The minimum absolute atomic E-state index is 0. The van der Waals surface area contributed by atoms with Crippen molar-refractivity contribution in [2.24, 2.45) is 4.99 Å². The number of ether oxygens (including phenoxy) is 1. The molecule has 0 bridgehead atoms. The van der Waals surface area contributed by atoms with Crippen LogP contribution in [0.5, 0.6) is 5.75 Å². The second-order valence-corrected chi connectivity index (χ2v) is 8.69. The van der Waals surface area contributed by atoms with E-state index in [1.54, 1.807) is 14.0 Å². The highest BCUT2D eigenvalue weighted by Gasteiger charge is 2.26. The van der Waals surface area contributed by atoms with Gasteiger partial charge in [0.25, 0.3) is 0 Å². The molecule has 2 N–H and O–H groups in total. The van der Waals surface area contributed by atoms with Crippen molar-refractivity contribution in [2.45, 2.75) is 32.6 Å². The number of rotatable bonds is 9. The van der Waals surface area contributed by atoms with Gasteiger partial charge in [-0.2, -0.15) is 0 Å². The molecule has 1 unspecified atom stereocenters. The van der Waals surface area contributed by atoms with Crippen LogP contribution in [0.1, 0.15) is 38.2 Å². The molecular formula is C19H33IN4O3S. The van der Waals surface area contributed by atoms with Gasteiger partial charge in [0.05, 0.1) is 12.9 Å². The molecular weight excluding hydrogens is 491 g/mol. The molecule has 0 spiro atoms. The molecule has 0 amide bonds. The molecule has 1 aliphatic heterocycles. The van der Waals surface area contributed by atoms with E-state index in [0.29, 0.717) is 25.4 Å². The Labute approximate surface area is 186 Å². The van der Waals surface area contributed by atoms with Crippen LogP contribution in [0.15, 0.2) is 29.3 Å². The Balaban J connectivity index is 0.00000392. The summed E-state index contributed by atoms with van der Waals surface area (Å²) < 4.78 is 30.7. The molecule has 1 atom stereocenters. The lowest BCUT2D eigenvalue weighted by atomic mass is 9.98. The SMILES string of the molecule is CCNC(=NCCCNS(=O)(=O)CC)N1CCC(c2ccc(OC)cc2)C1.I. The highest BCUT2D eigenvalue weighted by Crippen LogP contribution is 2.28. The fourth-order valence-electron chi connectivity index (χ4n) is 3.12. The van der Waals surface area contributed by atoms with E-state index >= 15 is 0 Å². The smallest absolute Gasteiger partial charge is 0.211 e. The Morgan fingerprint density at radius 1 is 1.29 bits per heavy atom. The molecule has 0 aliphatic carbocycles. The van der Waals surface area contributed by atoms with Crippen LogP contribution in [0.4, 0.5) is 0 Å². The molecule has 1 fully saturated rings. The van der Waals surface area contributed by atoms with Crippen LogP contribution in [-0.4, -0.2) is 64.9 Å². The molecule has 2 rings (SSSR count). The molecule has 0 aromatic heterocycles. The van der Waals surface area contributed by atoms with Crippen LogP contribution in [0.2, 0.25) is 0 Å². The average molecular weight is 524 g/mol. The number of hydrogen-bond acceptors (Lipinski definition) is 4. The van der Waals surface area contributed by atoms with E-state index in [-0.39, 0.29) is 29.7 Å². The Hall–Kier alpha value is -1.07. The number of aliphatic imine (C=N–C) groups is 1. The maximum absolute atomic E-state index is 11.4. The predicted octanol–water partition coefficient (Wildman–Crippen LogP) is 2.40. The largest absolute Gasteiger partial charge is 0.497 e. The number of benzene rings is 1. The van der Waals surface area contributed by atoms with E-state index < -0.39 is 10.0 Å². The zero-order chi connectivity index (χ0) is 19.7. The zero-order valence-electron chi connectivity index (χ0n) is 17.0. The molecule has 1 aliphatic rings. The van der Waals surface area contributed by atoms with E-state index in [2.05, 4.69) is 39.0 Å². The fourth-order valence-corrected chi connectivity index (χ4v) is 3.78. The van der Waals surface area contributed by atoms with E-state index in [4.69, 9.17) is 4.74 Å². The van der Waals surface area contributed by atoms with Crippen LogP contribution in [0.3, 0.4) is 0 Å². The summed E-state index contributed by atoms with van der Waals surface area (Å²) in [6.45, 7) is 7.42. The summed E-state index contributed by atoms with van der Waals surface area (Å²) >= 11 is 0. The maximum atomic E-state index is 11.4. The lowest BCUT2D eigenvalue weighted by Gasteiger charge is -2.22. The standard InChI is InChI=1S/C19H32N4O3S.HI/c1-4-20-19(21-12-6-13-22-27(24,25)5-2)23-14-11-17(15-23)16-7-9-18(26-3)10-8-16;/h7-10,17,22H,4-6,11-15H2,1-3H3,(H,20,21);1H. The summed E-state index contributed by atoms with van der Waals surface area (Å²) in [6.07, 6.45) is 1.77. The summed E-state index contributed by atoms with van der Waals surface area (Å²) in [5.74, 6) is 2.38. The van der Waals surface area contributed by atoms with Gasteiger partial charge in [-0.1, -0.05) is 12.1 Å². The third-order valence-corrected chi connectivity index (χ3v) is 6.11. The van der Waals surface area contributed by atoms with Crippen molar-refractivity contribution < 1.29 is 13.2 Å². The lowest BCUT2D eigenvalue weighted by Crippen LogP contribution is -2.40. The third kappa shape index (κ3) is 7.75. The molecule has 1 aromatic rings. The highest BCUT2D eigenvalue weighted by molar-refractivity contribution is 14.0. The van der Waals surface area contributed by atoms with Crippen molar-refractivity contribution in [3.8, 4) is 5.75 Å². The number of hydrogen-bond donors (Lipinski definition) is 2. The van der Waals surface area contributed by atoms with Gasteiger partial charge in [-0.25, -0.2) is 13.1 Å². The van der Waals surface area contributed by atoms with Gasteiger partial charge in [-0.3, -0.25) is 4.99 Å². The maximum Gasteiger partial charge on any atom is 0.211 e. The second-order valence-electron chi connectivity index (χ2n) is 6.59. The zero-order valence-corrected chi connectivity index (χ0v) is 20.1. The summed E-state index contributed by atoms with van der Waals surface area (Å²) in [5, 5.41) is 3.35. The van der Waals surface area contributed by atoms with Gasteiger partial charge in [0.2, 0.25) is 10.0 Å². The molecule has 1 aromatic carbocycles.